The molecule has 0 saturated carbocycles. The lowest BCUT2D eigenvalue weighted by molar-refractivity contribution is -0.148. The van der Waals surface area contributed by atoms with E-state index in [9.17, 15) is 47.9 Å². The molecule has 0 radical (unpaired) electrons. The highest BCUT2D eigenvalue weighted by molar-refractivity contribution is 5.88. The van der Waals surface area contributed by atoms with E-state index in [1.54, 1.807) is 24.3 Å². The van der Waals surface area contributed by atoms with Gasteiger partial charge in [0.2, 0.25) is 35.1 Å². The number of hydrogen-bond acceptors (Lipinski definition) is 22. The molecule has 5 rings (SSSR count). The zero-order valence-corrected chi connectivity index (χ0v) is 41.2. The van der Waals surface area contributed by atoms with Gasteiger partial charge in [-0.3, -0.25) is 30.0 Å². The molecule has 4 heterocycles. The van der Waals surface area contributed by atoms with Gasteiger partial charge in [-0.1, -0.05) is 24.3 Å². The van der Waals surface area contributed by atoms with Crippen molar-refractivity contribution in [2.24, 2.45) is 11.5 Å². The molecule has 6 amide bonds. The maximum absolute atomic E-state index is 13.1. The molecule has 4 aliphatic rings. The number of esters is 2. The fourth-order valence-electron chi connectivity index (χ4n) is 7.83. The van der Waals surface area contributed by atoms with E-state index in [1.807, 2.05) is 0 Å². The van der Waals surface area contributed by atoms with Crippen LogP contribution in [0.25, 0.3) is 0 Å². The van der Waals surface area contributed by atoms with Crippen molar-refractivity contribution < 1.29 is 95.3 Å². The van der Waals surface area contributed by atoms with E-state index in [1.165, 1.54) is 26.0 Å². The number of carbonyl (C=O) groups is 10. The molecule has 32 nitrogen and oxygen atoms in total. The normalized spacial score (nSPS) is 23.0. The van der Waals surface area contributed by atoms with Crippen LogP contribution in [-0.2, 0) is 89.2 Å². The first-order valence-corrected chi connectivity index (χ1v) is 23.0. The minimum Gasteiger partial charge on any atom is -0.477 e. The third-order valence-corrected chi connectivity index (χ3v) is 11.2. The number of cyclic esters (lactones) is 4. The molecule has 76 heavy (non-hydrogen) atoms. The summed E-state index contributed by atoms with van der Waals surface area (Å²) in [5, 5.41) is 36.1. The summed E-state index contributed by atoms with van der Waals surface area (Å²) in [7, 11) is 2.15. The highest BCUT2D eigenvalue weighted by Crippen LogP contribution is 2.30. The van der Waals surface area contributed by atoms with Crippen molar-refractivity contribution in [3.8, 4) is 0 Å². The Morgan fingerprint density at radius 2 is 0.961 bits per heavy atom. The fourth-order valence-corrected chi connectivity index (χ4v) is 7.83. The standard InChI is InChI=1S/C44H58N12O20/c1-19(57)53-31-23(55-39(45)46)13-25(37(61)67-3)71-35(31)33(27-17-69-43(65)73-27)75-41(63)49-11-9-29(59)51-15-21-5-7-22(8-6-21)16-52-30(60)10-12-50-42(64)76-34(28-18-70-44(66)74-28)36-32(54-20(2)58)24(56-40(47)48)14-26(72-36)38(62)68-4/h5-8,13-14,23-24,27-28,31-36H,9-12,15-18H2,1-4H3,(H,49,63)(H,50,64)(H,51,59)(H,52,60)(H,53,57)(H,54,58)(H4,45,46,55)(H4,47,48,56)/t23-,24?,27+,28+,31+,32+,33+,34?,35+,36+/m0/s1. The Morgan fingerprint density at radius 1 is 0.592 bits per heavy atom. The molecular weight excluding hydrogens is 1020 g/mol. The van der Waals surface area contributed by atoms with Crippen molar-refractivity contribution in [2.75, 3.05) is 40.5 Å². The van der Waals surface area contributed by atoms with Crippen LogP contribution in [0.3, 0.4) is 0 Å². The van der Waals surface area contributed by atoms with Gasteiger partial charge in [0.1, 0.15) is 13.2 Å². The number of nitrogens with one attached hydrogen (secondary N) is 10. The fraction of sp³-hybridized carbons (Fsp3) is 0.500. The van der Waals surface area contributed by atoms with Crippen LogP contribution in [0, 0.1) is 10.8 Å². The Hall–Kier alpha value is -9.26. The van der Waals surface area contributed by atoms with Gasteiger partial charge in [0.25, 0.3) is 0 Å². The van der Waals surface area contributed by atoms with Crippen molar-refractivity contribution in [2.45, 2.75) is 101 Å². The van der Waals surface area contributed by atoms with Crippen molar-refractivity contribution in [3.05, 3.63) is 59.1 Å². The number of carbonyl (C=O) groups excluding carboxylic acids is 10. The number of amides is 6. The van der Waals surface area contributed by atoms with Gasteiger partial charge in [-0.2, -0.15) is 0 Å². The van der Waals surface area contributed by atoms with Crippen LogP contribution in [0.4, 0.5) is 19.2 Å². The highest BCUT2D eigenvalue weighted by atomic mass is 16.8. The molecule has 414 valence electrons. The van der Waals surface area contributed by atoms with Gasteiger partial charge < -0.3 is 101 Å². The first-order chi connectivity index (χ1) is 36.1. The van der Waals surface area contributed by atoms with Crippen LogP contribution in [0.15, 0.2) is 47.9 Å². The number of hydrogen-bond donors (Lipinski definition) is 12. The summed E-state index contributed by atoms with van der Waals surface area (Å²) in [5.74, 6) is -5.95. The summed E-state index contributed by atoms with van der Waals surface area (Å²) in [6.07, 6.45) is -11.1. The average Bonchev–Trinajstić information content (AvgIpc) is 4.01. The molecule has 0 aromatic heterocycles. The molecule has 2 fully saturated rings. The van der Waals surface area contributed by atoms with Gasteiger partial charge in [0.05, 0.1) is 38.4 Å². The number of ether oxygens (including phenoxy) is 10. The minimum absolute atomic E-state index is 0.0821. The first-order valence-electron chi connectivity index (χ1n) is 23.0. The van der Waals surface area contributed by atoms with Crippen LogP contribution in [0.2, 0.25) is 0 Å². The van der Waals surface area contributed by atoms with Gasteiger partial charge in [0.15, 0.2) is 48.5 Å². The molecule has 2 saturated heterocycles. The lowest BCUT2D eigenvalue weighted by Gasteiger charge is -2.41. The van der Waals surface area contributed by atoms with E-state index in [2.05, 4.69) is 42.5 Å². The van der Waals surface area contributed by atoms with Crippen LogP contribution >= 0.6 is 0 Å². The predicted molar refractivity (Wildman–Crippen MR) is 251 cm³/mol. The zero-order chi connectivity index (χ0) is 55.6. The Balaban J connectivity index is 1.08. The number of guanidine groups is 2. The Bertz CT molecular complexity index is 2290. The van der Waals surface area contributed by atoms with Crippen molar-refractivity contribution in [1.82, 2.24) is 42.5 Å². The van der Waals surface area contributed by atoms with Gasteiger partial charge in [0, 0.05) is 52.9 Å². The third kappa shape index (κ3) is 16.9. The number of methoxy groups -OCH3 is 2. The van der Waals surface area contributed by atoms with Gasteiger partial charge in [-0.15, -0.1) is 0 Å². The lowest BCUT2D eigenvalue weighted by atomic mass is 9.91. The van der Waals surface area contributed by atoms with Crippen molar-refractivity contribution >= 4 is 72.0 Å². The van der Waals surface area contributed by atoms with E-state index in [0.29, 0.717) is 11.1 Å². The van der Waals surface area contributed by atoms with Gasteiger partial charge in [-0.05, 0) is 23.3 Å². The molecule has 32 heteroatoms. The molecule has 14 N–H and O–H groups in total. The Morgan fingerprint density at radius 3 is 1.26 bits per heavy atom. The molecule has 2 unspecified atom stereocenters. The highest BCUT2D eigenvalue weighted by Gasteiger charge is 2.52. The van der Waals surface area contributed by atoms with Gasteiger partial charge in [-0.25, -0.2) is 28.8 Å². The first kappa shape index (κ1) is 57.6. The predicted octanol–water partition coefficient (Wildman–Crippen LogP) is -3.42. The third-order valence-electron chi connectivity index (χ3n) is 11.2. The van der Waals surface area contributed by atoms with E-state index >= 15 is 0 Å². The van der Waals surface area contributed by atoms with E-state index < -0.39 is 158 Å². The summed E-state index contributed by atoms with van der Waals surface area (Å²) in [5.41, 5.74) is 12.5. The van der Waals surface area contributed by atoms with Crippen molar-refractivity contribution in [3.63, 3.8) is 0 Å². The molecule has 10 atom stereocenters. The van der Waals surface area contributed by atoms with Crippen LogP contribution in [0.1, 0.15) is 37.8 Å². The molecule has 0 spiro atoms. The lowest BCUT2D eigenvalue weighted by Crippen LogP contribution is -2.64. The molecule has 0 aliphatic carbocycles. The summed E-state index contributed by atoms with van der Waals surface area (Å²) in [4.78, 5) is 125. The number of rotatable bonds is 22. The summed E-state index contributed by atoms with van der Waals surface area (Å²) in [6.45, 7) is 1.21. The number of alkyl carbamates (subject to hydrolysis) is 2. The Labute approximate surface area is 431 Å². The van der Waals surface area contributed by atoms with Crippen LogP contribution in [-0.4, -0.2) is 173 Å². The summed E-state index contributed by atoms with van der Waals surface area (Å²) >= 11 is 0. The summed E-state index contributed by atoms with van der Waals surface area (Å²) in [6, 6.07) is 2.26. The second-order valence-corrected chi connectivity index (χ2v) is 16.7. The topological polar surface area (TPSA) is 459 Å². The molecule has 1 aromatic carbocycles. The molecular formula is C44H58N12O20. The second kappa shape index (κ2) is 27.2. The zero-order valence-electron chi connectivity index (χ0n) is 41.2. The number of nitrogens with two attached hydrogens (primary N) is 2. The largest absolute Gasteiger partial charge is 0.508 e. The van der Waals surface area contributed by atoms with E-state index in [-0.39, 0.29) is 39.0 Å². The minimum atomic E-state index is -1.55. The van der Waals surface area contributed by atoms with Crippen molar-refractivity contribution in [1.29, 1.82) is 10.8 Å². The van der Waals surface area contributed by atoms with Crippen LogP contribution in [0.5, 0.6) is 0 Å². The monoisotopic (exact) mass is 1070 g/mol. The quantitative estimate of drug-likeness (QED) is 0.0233. The Kier molecular flexibility index (Phi) is 20.6. The molecule has 4 aliphatic heterocycles. The SMILES string of the molecule is COC(=O)C1=C[C@H](NC(=N)N)[C@@H](NC(C)=O)[C@H]([C@H](OC(=O)NCCC(=O)NCc2ccc(CNC(=O)CCNC(=O)OC([C@H]3COC(=O)O3)[C@@H]3OC(C(=O)OC)=CC(NC(=N)N)[C@H]3NC(C)=O)cc2)[C@H]2COC(=O)O2)O1. The second-order valence-electron chi connectivity index (χ2n) is 16.7. The van der Waals surface area contributed by atoms with Crippen LogP contribution < -0.4 is 54.0 Å². The average molecular weight is 1080 g/mol. The maximum Gasteiger partial charge on any atom is 0.508 e. The summed E-state index contributed by atoms with van der Waals surface area (Å²) < 4.78 is 52.6. The maximum atomic E-state index is 13.1. The smallest absolute Gasteiger partial charge is 0.477 e. The molecule has 1 aromatic rings. The van der Waals surface area contributed by atoms with E-state index in [0.717, 1.165) is 14.2 Å². The molecule has 0 bridgehead atoms. The number of benzene rings is 1. The van der Waals surface area contributed by atoms with Gasteiger partial charge >= 0.3 is 36.4 Å². The van der Waals surface area contributed by atoms with E-state index in [4.69, 9.17) is 69.7 Å².